The van der Waals surface area contributed by atoms with Crippen LogP contribution in [0.3, 0.4) is 0 Å². The number of rotatable bonds is 12. The molecule has 0 radical (unpaired) electrons. The highest BCUT2D eigenvalue weighted by atomic mass is 19.4. The first-order chi connectivity index (χ1) is 20.3. The van der Waals surface area contributed by atoms with E-state index in [2.05, 4.69) is 9.47 Å². The molecule has 1 aliphatic rings. The van der Waals surface area contributed by atoms with Crippen molar-refractivity contribution in [2.24, 2.45) is 0 Å². The van der Waals surface area contributed by atoms with Crippen LogP contribution in [0.15, 0.2) is 66.4 Å². The van der Waals surface area contributed by atoms with Crippen LogP contribution in [-0.2, 0) is 11.2 Å². The highest BCUT2D eigenvalue weighted by Gasteiger charge is 2.35. The molecule has 1 unspecified atom stereocenters. The molecular formula is C32H30F8O3. The third-order valence-electron chi connectivity index (χ3n) is 7.03. The smallest absolute Gasteiger partial charge is 0.480 e. The number of hydrogen-bond acceptors (Lipinski definition) is 3. The molecule has 3 nitrogen and oxygen atoms in total. The van der Waals surface area contributed by atoms with Crippen molar-refractivity contribution in [3.63, 3.8) is 0 Å². The lowest BCUT2D eigenvalue weighted by Gasteiger charge is -2.23. The zero-order valence-corrected chi connectivity index (χ0v) is 23.3. The summed E-state index contributed by atoms with van der Waals surface area (Å²) in [7, 11) is 0. The number of alkyl halides is 5. The van der Waals surface area contributed by atoms with Gasteiger partial charge >= 0.3 is 12.5 Å². The number of ether oxygens (including phenoxy) is 3. The summed E-state index contributed by atoms with van der Waals surface area (Å²) < 4.78 is 124. The van der Waals surface area contributed by atoms with Gasteiger partial charge in [0.25, 0.3) is 0 Å². The van der Waals surface area contributed by atoms with Gasteiger partial charge in [-0.25, -0.2) is 13.2 Å². The standard InChI is InChI=1S/C32H30F8O3/c1-2-3-4-5-20-6-15-29(26(33)16-20)41-19-31(36,37)42-25-17-27(34)30(28(35)18-25)23-9-7-21(8-10-23)22-11-13-24(14-12-22)43-32(38,39)40/h6-10,13,15-18,22H,2-5,11-12,14,19H2,1H3. The van der Waals surface area contributed by atoms with E-state index in [1.807, 2.05) is 6.92 Å². The topological polar surface area (TPSA) is 27.7 Å². The Kier molecular flexibility index (Phi) is 10.2. The van der Waals surface area contributed by atoms with E-state index in [9.17, 15) is 35.1 Å². The maximum atomic E-state index is 14.9. The first kappa shape index (κ1) is 32.2. The van der Waals surface area contributed by atoms with Gasteiger partial charge in [0.15, 0.2) is 18.2 Å². The summed E-state index contributed by atoms with van der Waals surface area (Å²) in [5.41, 5.74) is 1.13. The molecular weight excluding hydrogens is 584 g/mol. The third kappa shape index (κ3) is 9.11. The van der Waals surface area contributed by atoms with Crippen LogP contribution in [0.2, 0.25) is 0 Å². The minimum Gasteiger partial charge on any atom is -0.480 e. The van der Waals surface area contributed by atoms with Gasteiger partial charge in [0.05, 0.1) is 5.56 Å². The minimum atomic E-state index is -4.75. The Labute approximate surface area is 244 Å². The van der Waals surface area contributed by atoms with E-state index in [0.717, 1.165) is 24.8 Å². The summed E-state index contributed by atoms with van der Waals surface area (Å²) in [4.78, 5) is 0. The van der Waals surface area contributed by atoms with Crippen LogP contribution in [0.1, 0.15) is 62.5 Å². The molecule has 0 spiro atoms. The molecule has 0 amide bonds. The maximum absolute atomic E-state index is 14.9. The second-order valence-electron chi connectivity index (χ2n) is 10.3. The average molecular weight is 615 g/mol. The predicted molar refractivity (Wildman–Crippen MR) is 144 cm³/mol. The summed E-state index contributed by atoms with van der Waals surface area (Å²) >= 11 is 0. The Morgan fingerprint density at radius 3 is 2.09 bits per heavy atom. The average Bonchev–Trinajstić information content (AvgIpc) is 2.92. The van der Waals surface area contributed by atoms with E-state index in [0.29, 0.717) is 37.0 Å². The lowest BCUT2D eigenvalue weighted by Crippen LogP contribution is -2.32. The number of unbranched alkanes of at least 4 members (excludes halogenated alkanes) is 2. The van der Waals surface area contributed by atoms with Gasteiger partial charge in [0, 0.05) is 18.6 Å². The Hall–Kier alpha value is -3.76. The van der Waals surface area contributed by atoms with Gasteiger partial charge in [-0.3, -0.25) is 0 Å². The third-order valence-corrected chi connectivity index (χ3v) is 7.03. The Morgan fingerprint density at radius 1 is 0.814 bits per heavy atom. The van der Waals surface area contributed by atoms with E-state index in [4.69, 9.17) is 4.74 Å². The molecule has 0 bridgehead atoms. The second-order valence-corrected chi connectivity index (χ2v) is 10.3. The highest BCUT2D eigenvalue weighted by molar-refractivity contribution is 5.66. The summed E-state index contributed by atoms with van der Waals surface area (Å²) in [5.74, 6) is -4.57. The molecule has 4 rings (SSSR count). The first-order valence-corrected chi connectivity index (χ1v) is 13.9. The number of benzene rings is 3. The Balaban J connectivity index is 1.37. The highest BCUT2D eigenvalue weighted by Crippen LogP contribution is 2.37. The molecule has 1 aliphatic carbocycles. The van der Waals surface area contributed by atoms with Crippen LogP contribution >= 0.6 is 0 Å². The van der Waals surface area contributed by atoms with Gasteiger partial charge in [-0.05, 0) is 66.5 Å². The molecule has 0 N–H and O–H groups in total. The van der Waals surface area contributed by atoms with Gasteiger partial charge in [0.2, 0.25) is 0 Å². The van der Waals surface area contributed by atoms with Crippen molar-refractivity contribution in [1.82, 2.24) is 0 Å². The maximum Gasteiger partial charge on any atom is 0.572 e. The zero-order chi connectivity index (χ0) is 31.2. The molecule has 0 fully saturated rings. The molecule has 0 aromatic heterocycles. The summed E-state index contributed by atoms with van der Waals surface area (Å²) in [6, 6.07) is 11.4. The van der Waals surface area contributed by atoms with E-state index >= 15 is 0 Å². The van der Waals surface area contributed by atoms with Crippen LogP contribution < -0.4 is 9.47 Å². The molecule has 0 saturated heterocycles. The fraction of sp³-hybridized carbons (Fsp3) is 0.375. The largest absolute Gasteiger partial charge is 0.572 e. The summed E-state index contributed by atoms with van der Waals surface area (Å²) in [5, 5.41) is 0. The van der Waals surface area contributed by atoms with Crippen LogP contribution in [0.4, 0.5) is 35.1 Å². The van der Waals surface area contributed by atoms with Crippen LogP contribution in [0.5, 0.6) is 11.5 Å². The van der Waals surface area contributed by atoms with E-state index in [-0.39, 0.29) is 23.7 Å². The summed E-state index contributed by atoms with van der Waals surface area (Å²) in [6.07, 6.45) is -3.14. The monoisotopic (exact) mass is 614 g/mol. The van der Waals surface area contributed by atoms with Crippen LogP contribution in [0, 0.1) is 17.5 Å². The van der Waals surface area contributed by atoms with E-state index in [1.54, 1.807) is 18.2 Å². The molecule has 3 aromatic rings. The number of halogens is 8. The molecule has 1 atom stereocenters. The van der Waals surface area contributed by atoms with E-state index in [1.165, 1.54) is 30.3 Å². The van der Waals surface area contributed by atoms with Crippen molar-refractivity contribution >= 4 is 0 Å². The molecule has 232 valence electrons. The van der Waals surface area contributed by atoms with Crippen molar-refractivity contribution in [3.8, 4) is 22.6 Å². The minimum absolute atomic E-state index is 0.0899. The first-order valence-electron chi connectivity index (χ1n) is 13.9. The van der Waals surface area contributed by atoms with Gasteiger partial charge in [-0.1, -0.05) is 50.1 Å². The van der Waals surface area contributed by atoms with Crippen molar-refractivity contribution in [2.45, 2.75) is 70.3 Å². The van der Waals surface area contributed by atoms with Crippen LogP contribution in [0.25, 0.3) is 11.1 Å². The molecule has 3 aromatic carbocycles. The molecule has 0 saturated carbocycles. The quantitative estimate of drug-likeness (QED) is 0.150. The molecule has 0 aliphatic heterocycles. The fourth-order valence-corrected chi connectivity index (χ4v) is 4.92. The second kappa shape index (κ2) is 13.7. The Bertz CT molecular complexity index is 1390. The Morgan fingerprint density at radius 2 is 1.51 bits per heavy atom. The number of allylic oxidation sites excluding steroid dienone is 2. The van der Waals surface area contributed by atoms with Gasteiger partial charge in [-0.15, -0.1) is 13.2 Å². The van der Waals surface area contributed by atoms with Crippen molar-refractivity contribution in [3.05, 3.63) is 95.0 Å². The van der Waals surface area contributed by atoms with Gasteiger partial charge in [-0.2, -0.15) is 8.78 Å². The predicted octanol–water partition coefficient (Wildman–Crippen LogP) is 10.2. The number of hydrogen-bond donors (Lipinski definition) is 0. The van der Waals surface area contributed by atoms with Crippen molar-refractivity contribution < 1.29 is 49.3 Å². The zero-order valence-electron chi connectivity index (χ0n) is 23.3. The summed E-state index contributed by atoms with van der Waals surface area (Å²) in [6.45, 7) is 0.640. The van der Waals surface area contributed by atoms with Crippen LogP contribution in [-0.4, -0.2) is 19.1 Å². The molecule has 43 heavy (non-hydrogen) atoms. The fourth-order valence-electron chi connectivity index (χ4n) is 4.92. The lowest BCUT2D eigenvalue weighted by atomic mass is 9.86. The van der Waals surface area contributed by atoms with Crippen molar-refractivity contribution in [2.75, 3.05) is 6.61 Å². The lowest BCUT2D eigenvalue weighted by molar-refractivity contribution is -0.307. The molecule has 0 heterocycles. The van der Waals surface area contributed by atoms with Gasteiger partial charge < -0.3 is 14.2 Å². The van der Waals surface area contributed by atoms with Crippen molar-refractivity contribution in [1.29, 1.82) is 0 Å². The van der Waals surface area contributed by atoms with E-state index < -0.39 is 53.6 Å². The SMILES string of the molecule is CCCCCc1ccc(OCC(F)(F)Oc2cc(F)c(-c3ccc(C4CC=C(OC(F)(F)F)CC4)cc3)c(F)c2)c(F)c1. The normalized spacial score (nSPS) is 15.7. The van der Waals surface area contributed by atoms with Gasteiger partial charge in [0.1, 0.15) is 23.1 Å². The molecule has 11 heteroatoms. The number of aryl methyl sites for hydroxylation is 1.